The van der Waals surface area contributed by atoms with Gasteiger partial charge < -0.3 is 5.73 Å². The van der Waals surface area contributed by atoms with Crippen LogP contribution in [0.2, 0.25) is 0 Å². The molecule has 1 rings (SSSR count). The molecule has 0 spiro atoms. The van der Waals surface area contributed by atoms with E-state index < -0.39 is 18.5 Å². The summed E-state index contributed by atoms with van der Waals surface area (Å²) in [5, 5.41) is 0. The Bertz CT molecular complexity index is 225. The summed E-state index contributed by atoms with van der Waals surface area (Å²) >= 11 is 0. The molecule has 1 fully saturated rings. The monoisotopic (exact) mass is 234 g/mol. The highest BCUT2D eigenvalue weighted by molar-refractivity contribution is 4.95. The van der Waals surface area contributed by atoms with Crippen molar-refractivity contribution in [2.75, 3.05) is 6.54 Å². The molecule has 0 saturated carbocycles. The van der Waals surface area contributed by atoms with Crippen LogP contribution in [-0.2, 0) is 0 Å². The number of halogens is 2. The van der Waals surface area contributed by atoms with Crippen LogP contribution in [0.4, 0.5) is 8.78 Å². The second-order valence-electron chi connectivity index (χ2n) is 5.05. The first-order chi connectivity index (χ1) is 7.46. The normalized spacial score (nSPS) is 36.0. The van der Waals surface area contributed by atoms with E-state index in [1.54, 1.807) is 4.90 Å². The molecule has 1 aliphatic rings. The van der Waals surface area contributed by atoms with Gasteiger partial charge in [-0.2, -0.15) is 0 Å². The molecule has 4 heteroatoms. The van der Waals surface area contributed by atoms with Gasteiger partial charge in [-0.3, -0.25) is 4.90 Å². The minimum Gasteiger partial charge on any atom is -0.322 e. The quantitative estimate of drug-likeness (QED) is 0.758. The summed E-state index contributed by atoms with van der Waals surface area (Å²) in [6.45, 7) is 6.66. The van der Waals surface area contributed by atoms with Gasteiger partial charge in [0.2, 0.25) is 0 Å². The fourth-order valence-electron chi connectivity index (χ4n) is 2.59. The number of rotatable bonds is 4. The van der Waals surface area contributed by atoms with Crippen molar-refractivity contribution >= 4 is 0 Å². The van der Waals surface area contributed by atoms with Gasteiger partial charge in [0.15, 0.2) is 6.30 Å². The molecule has 96 valence electrons. The maximum absolute atomic E-state index is 14.1. The van der Waals surface area contributed by atoms with E-state index in [2.05, 4.69) is 13.8 Å². The van der Waals surface area contributed by atoms with Crippen molar-refractivity contribution in [3.05, 3.63) is 0 Å². The van der Waals surface area contributed by atoms with E-state index in [0.717, 1.165) is 19.3 Å². The zero-order valence-electron chi connectivity index (χ0n) is 10.5. The molecule has 16 heavy (non-hydrogen) atoms. The number of hydrogen-bond donors (Lipinski definition) is 1. The van der Waals surface area contributed by atoms with Gasteiger partial charge in [-0.1, -0.05) is 20.3 Å². The molecule has 4 atom stereocenters. The Hall–Kier alpha value is -0.220. The van der Waals surface area contributed by atoms with E-state index in [-0.39, 0.29) is 5.54 Å². The van der Waals surface area contributed by atoms with Crippen LogP contribution in [0.1, 0.15) is 46.5 Å². The summed E-state index contributed by atoms with van der Waals surface area (Å²) in [5.74, 6) is 0. The largest absolute Gasteiger partial charge is 0.322 e. The van der Waals surface area contributed by atoms with Crippen LogP contribution >= 0.6 is 0 Å². The third-order valence-corrected chi connectivity index (χ3v) is 3.92. The molecule has 1 heterocycles. The van der Waals surface area contributed by atoms with Crippen molar-refractivity contribution in [1.82, 2.24) is 4.90 Å². The van der Waals surface area contributed by atoms with Gasteiger partial charge in [-0.25, -0.2) is 8.78 Å². The summed E-state index contributed by atoms with van der Waals surface area (Å²) in [7, 11) is 0. The molecule has 1 saturated heterocycles. The van der Waals surface area contributed by atoms with Crippen molar-refractivity contribution in [3.8, 4) is 0 Å². The van der Waals surface area contributed by atoms with Gasteiger partial charge in [0, 0.05) is 12.1 Å². The fourth-order valence-corrected chi connectivity index (χ4v) is 2.59. The molecule has 0 aliphatic carbocycles. The molecule has 0 amide bonds. The Morgan fingerprint density at radius 3 is 2.50 bits per heavy atom. The minimum absolute atomic E-state index is 0.189. The van der Waals surface area contributed by atoms with Crippen LogP contribution in [0.3, 0.4) is 0 Å². The molecule has 0 aromatic carbocycles. The third-order valence-electron chi connectivity index (χ3n) is 3.92. The van der Waals surface area contributed by atoms with Crippen molar-refractivity contribution in [3.63, 3.8) is 0 Å². The summed E-state index contributed by atoms with van der Waals surface area (Å²) < 4.78 is 27.3. The lowest BCUT2D eigenvalue weighted by molar-refractivity contribution is -0.0754. The number of nitrogens with two attached hydrogens (primary N) is 1. The molecule has 1 aliphatic heterocycles. The molecule has 0 radical (unpaired) electrons. The topological polar surface area (TPSA) is 29.3 Å². The van der Waals surface area contributed by atoms with Crippen LogP contribution in [0.25, 0.3) is 0 Å². The SMILES string of the molecule is CCCC(C)(CC)N1CCC(F)C(N)C1F. The van der Waals surface area contributed by atoms with E-state index in [4.69, 9.17) is 5.73 Å². The Labute approximate surface area is 97.2 Å². The molecule has 0 aromatic heterocycles. The number of alkyl halides is 2. The molecular formula is C12H24F2N2. The van der Waals surface area contributed by atoms with E-state index in [1.165, 1.54) is 0 Å². The Kier molecular flexibility index (Phi) is 4.68. The number of piperidine rings is 1. The van der Waals surface area contributed by atoms with Crippen molar-refractivity contribution < 1.29 is 8.78 Å². The maximum atomic E-state index is 14.1. The highest BCUT2D eigenvalue weighted by Gasteiger charge is 2.43. The second-order valence-corrected chi connectivity index (χ2v) is 5.05. The fraction of sp³-hybridized carbons (Fsp3) is 1.00. The van der Waals surface area contributed by atoms with Crippen LogP contribution in [0.5, 0.6) is 0 Å². The van der Waals surface area contributed by atoms with E-state index in [9.17, 15) is 8.78 Å². The Morgan fingerprint density at radius 1 is 1.38 bits per heavy atom. The average Bonchev–Trinajstić information content (AvgIpc) is 2.26. The number of likely N-dealkylation sites (tertiary alicyclic amines) is 1. The highest BCUT2D eigenvalue weighted by atomic mass is 19.1. The third kappa shape index (κ3) is 2.54. The maximum Gasteiger partial charge on any atom is 0.172 e. The molecule has 4 unspecified atom stereocenters. The van der Waals surface area contributed by atoms with E-state index in [0.29, 0.717) is 13.0 Å². The molecule has 2 N–H and O–H groups in total. The van der Waals surface area contributed by atoms with Crippen molar-refractivity contribution in [2.45, 2.75) is 70.5 Å². The van der Waals surface area contributed by atoms with Gasteiger partial charge in [-0.05, 0) is 26.2 Å². The first-order valence-corrected chi connectivity index (χ1v) is 6.26. The van der Waals surface area contributed by atoms with Crippen LogP contribution < -0.4 is 5.73 Å². The number of nitrogens with zero attached hydrogens (tertiary/aromatic N) is 1. The zero-order chi connectivity index (χ0) is 12.3. The smallest absolute Gasteiger partial charge is 0.172 e. The van der Waals surface area contributed by atoms with Crippen LogP contribution in [0.15, 0.2) is 0 Å². The van der Waals surface area contributed by atoms with Crippen LogP contribution in [0, 0.1) is 0 Å². The lowest BCUT2D eigenvalue weighted by Crippen LogP contribution is -2.62. The van der Waals surface area contributed by atoms with Crippen LogP contribution in [-0.4, -0.2) is 35.5 Å². The molecule has 2 nitrogen and oxygen atoms in total. The first-order valence-electron chi connectivity index (χ1n) is 6.26. The summed E-state index contributed by atoms with van der Waals surface area (Å²) in [5.41, 5.74) is 5.38. The van der Waals surface area contributed by atoms with Gasteiger partial charge in [-0.15, -0.1) is 0 Å². The average molecular weight is 234 g/mol. The molecule has 0 bridgehead atoms. The number of hydrogen-bond acceptors (Lipinski definition) is 2. The molecule has 0 aromatic rings. The Morgan fingerprint density at radius 2 is 2.00 bits per heavy atom. The second kappa shape index (κ2) is 5.41. The zero-order valence-corrected chi connectivity index (χ0v) is 10.5. The van der Waals surface area contributed by atoms with Gasteiger partial charge >= 0.3 is 0 Å². The molecular weight excluding hydrogens is 210 g/mol. The standard InChI is InChI=1S/C12H24F2N2/c1-4-7-12(3,5-2)16-8-6-9(13)10(15)11(16)14/h9-11H,4-8,15H2,1-3H3. The lowest BCUT2D eigenvalue weighted by atomic mass is 9.87. The summed E-state index contributed by atoms with van der Waals surface area (Å²) in [6, 6.07) is -0.989. The van der Waals surface area contributed by atoms with Gasteiger partial charge in [0.1, 0.15) is 6.17 Å². The van der Waals surface area contributed by atoms with Crippen molar-refractivity contribution in [2.24, 2.45) is 5.73 Å². The first kappa shape index (κ1) is 13.8. The Balaban J connectivity index is 2.78. The van der Waals surface area contributed by atoms with Gasteiger partial charge in [0.25, 0.3) is 0 Å². The summed E-state index contributed by atoms with van der Waals surface area (Å²) in [6.07, 6.45) is 0.593. The predicted octanol–water partition coefficient (Wildman–Crippen LogP) is 2.62. The minimum atomic E-state index is -1.35. The van der Waals surface area contributed by atoms with E-state index >= 15 is 0 Å². The van der Waals surface area contributed by atoms with Crippen molar-refractivity contribution in [1.29, 1.82) is 0 Å². The van der Waals surface area contributed by atoms with E-state index in [1.807, 2.05) is 6.92 Å². The summed E-state index contributed by atoms with van der Waals surface area (Å²) in [4.78, 5) is 1.76. The lowest BCUT2D eigenvalue weighted by Gasteiger charge is -2.47. The highest BCUT2D eigenvalue weighted by Crippen LogP contribution is 2.32. The van der Waals surface area contributed by atoms with Gasteiger partial charge in [0.05, 0.1) is 6.04 Å². The predicted molar refractivity (Wildman–Crippen MR) is 62.7 cm³/mol.